The fourth-order valence-electron chi connectivity index (χ4n) is 0.820. The number of rotatable bonds is 2. The Kier molecular flexibility index (Phi) is 2.79. The Balaban J connectivity index is 3.15. The smallest absolute Gasteiger partial charge is 0.342 e. The van der Waals surface area contributed by atoms with Crippen LogP contribution in [0.1, 0.15) is 10.4 Å². The van der Waals surface area contributed by atoms with Gasteiger partial charge in [-0.25, -0.2) is 9.18 Å². The third-order valence-electron chi connectivity index (χ3n) is 1.47. The average molecular weight is 185 g/mol. The van der Waals surface area contributed by atoms with E-state index >= 15 is 0 Å². The second kappa shape index (κ2) is 3.84. The summed E-state index contributed by atoms with van der Waals surface area (Å²) in [6.45, 7) is 0. The van der Waals surface area contributed by atoms with Gasteiger partial charge in [0.05, 0.1) is 20.4 Å². The van der Waals surface area contributed by atoms with Gasteiger partial charge in [-0.3, -0.25) is 4.98 Å². The first-order chi connectivity index (χ1) is 6.20. The lowest BCUT2D eigenvalue weighted by molar-refractivity contribution is 0.0594. The molecule has 1 aromatic rings. The van der Waals surface area contributed by atoms with Crippen molar-refractivity contribution in [2.24, 2.45) is 0 Å². The van der Waals surface area contributed by atoms with E-state index in [1.165, 1.54) is 20.4 Å². The number of halogens is 1. The molecule has 0 amide bonds. The highest BCUT2D eigenvalue weighted by molar-refractivity contribution is 5.89. The molecule has 0 bridgehead atoms. The maximum Gasteiger partial charge on any atom is 0.342 e. The molecule has 1 rings (SSSR count). The molecule has 0 atom stereocenters. The molecule has 0 fully saturated rings. The van der Waals surface area contributed by atoms with E-state index in [0.29, 0.717) is 0 Å². The first-order valence-corrected chi connectivity index (χ1v) is 3.46. The van der Waals surface area contributed by atoms with E-state index in [1.807, 2.05) is 0 Å². The zero-order chi connectivity index (χ0) is 9.84. The van der Waals surface area contributed by atoms with Crippen molar-refractivity contribution in [2.75, 3.05) is 14.2 Å². The van der Waals surface area contributed by atoms with Crippen molar-refractivity contribution in [3.05, 3.63) is 23.8 Å². The second-order valence-electron chi connectivity index (χ2n) is 2.19. The van der Waals surface area contributed by atoms with Crippen LogP contribution < -0.4 is 4.74 Å². The van der Waals surface area contributed by atoms with Crippen LogP contribution >= 0.6 is 0 Å². The summed E-state index contributed by atoms with van der Waals surface area (Å²) in [7, 11) is 2.46. The zero-order valence-electron chi connectivity index (χ0n) is 7.20. The minimum Gasteiger partial charge on any atom is -0.492 e. The minimum absolute atomic E-state index is 0.0806. The third kappa shape index (κ3) is 1.74. The molecule has 0 aliphatic rings. The predicted octanol–water partition coefficient (Wildman–Crippen LogP) is 1.02. The molecular weight excluding hydrogens is 177 g/mol. The first-order valence-electron chi connectivity index (χ1n) is 3.46. The van der Waals surface area contributed by atoms with Crippen LogP contribution in [0.15, 0.2) is 12.4 Å². The molecule has 5 heteroatoms. The summed E-state index contributed by atoms with van der Waals surface area (Å²) in [5, 5.41) is 0. The summed E-state index contributed by atoms with van der Waals surface area (Å²) in [5.41, 5.74) is -0.234. The molecule has 0 saturated heterocycles. The Labute approximate surface area is 74.3 Å². The molecule has 0 N–H and O–H groups in total. The first kappa shape index (κ1) is 9.44. The van der Waals surface area contributed by atoms with Gasteiger partial charge in [-0.1, -0.05) is 0 Å². The van der Waals surface area contributed by atoms with Gasteiger partial charge in [0, 0.05) is 6.20 Å². The van der Waals surface area contributed by atoms with Crippen molar-refractivity contribution in [1.82, 2.24) is 4.98 Å². The van der Waals surface area contributed by atoms with Gasteiger partial charge in [-0.05, 0) is 0 Å². The molecule has 0 spiro atoms. The van der Waals surface area contributed by atoms with Crippen molar-refractivity contribution < 1.29 is 18.7 Å². The molecular formula is C8H8FNO3. The molecule has 4 nitrogen and oxygen atoms in total. The Bertz CT molecular complexity index is 327. The summed E-state index contributed by atoms with van der Waals surface area (Å²) < 4.78 is 22.2. The number of carbonyl (C=O) groups excluding carboxylic acids is 1. The highest BCUT2D eigenvalue weighted by atomic mass is 19.1. The van der Waals surface area contributed by atoms with Gasteiger partial charge in [0.25, 0.3) is 0 Å². The lowest BCUT2D eigenvalue weighted by Gasteiger charge is -2.03. The van der Waals surface area contributed by atoms with Crippen LogP contribution in [0.3, 0.4) is 0 Å². The van der Waals surface area contributed by atoms with E-state index in [1.54, 1.807) is 0 Å². The molecule has 1 heterocycles. The number of aromatic nitrogens is 1. The average Bonchev–Trinajstić information content (AvgIpc) is 2.17. The quantitative estimate of drug-likeness (QED) is 0.645. The van der Waals surface area contributed by atoms with E-state index in [2.05, 4.69) is 14.5 Å². The molecule has 0 radical (unpaired) electrons. The molecule has 0 unspecified atom stereocenters. The summed E-state index contributed by atoms with van der Waals surface area (Å²) >= 11 is 0. The van der Waals surface area contributed by atoms with Crippen LogP contribution in [0.2, 0.25) is 0 Å². The van der Waals surface area contributed by atoms with Gasteiger partial charge in [0.2, 0.25) is 0 Å². The number of nitrogens with zero attached hydrogens (tertiary/aromatic N) is 1. The van der Waals surface area contributed by atoms with Crippen molar-refractivity contribution in [3.8, 4) is 5.75 Å². The minimum atomic E-state index is -0.774. The van der Waals surface area contributed by atoms with E-state index in [4.69, 9.17) is 0 Å². The van der Waals surface area contributed by atoms with Crippen LogP contribution in [0.4, 0.5) is 4.39 Å². The molecule has 0 aromatic carbocycles. The van der Waals surface area contributed by atoms with E-state index < -0.39 is 11.8 Å². The molecule has 70 valence electrons. The molecule has 13 heavy (non-hydrogen) atoms. The maximum absolute atomic E-state index is 13.2. The molecule has 0 aliphatic carbocycles. The van der Waals surface area contributed by atoms with Crippen LogP contribution in [-0.2, 0) is 4.74 Å². The van der Waals surface area contributed by atoms with E-state index in [-0.39, 0.29) is 11.3 Å². The number of pyridine rings is 1. The van der Waals surface area contributed by atoms with Crippen molar-refractivity contribution in [2.45, 2.75) is 0 Å². The van der Waals surface area contributed by atoms with Crippen molar-refractivity contribution in [3.63, 3.8) is 0 Å². The third-order valence-corrected chi connectivity index (χ3v) is 1.47. The number of carbonyl (C=O) groups is 1. The molecule has 0 saturated carbocycles. The zero-order valence-corrected chi connectivity index (χ0v) is 7.20. The van der Waals surface area contributed by atoms with Crippen LogP contribution in [0, 0.1) is 5.82 Å². The summed E-state index contributed by atoms with van der Waals surface area (Å²) in [5.74, 6) is -1.61. The Morgan fingerprint density at radius 2 is 2.15 bits per heavy atom. The van der Waals surface area contributed by atoms with Crippen LogP contribution in [-0.4, -0.2) is 25.2 Å². The van der Waals surface area contributed by atoms with E-state index in [0.717, 1.165) is 6.20 Å². The number of methoxy groups -OCH3 is 2. The van der Waals surface area contributed by atoms with Crippen molar-refractivity contribution in [1.29, 1.82) is 0 Å². The number of hydrogen-bond acceptors (Lipinski definition) is 4. The SMILES string of the molecule is COC(=O)c1cncc(OC)c1F. The van der Waals surface area contributed by atoms with E-state index in [9.17, 15) is 9.18 Å². The second-order valence-corrected chi connectivity index (χ2v) is 2.19. The molecule has 1 aromatic heterocycles. The van der Waals surface area contributed by atoms with Gasteiger partial charge in [0.1, 0.15) is 5.56 Å². The number of hydrogen-bond donors (Lipinski definition) is 0. The fraction of sp³-hybridized carbons (Fsp3) is 0.250. The fourth-order valence-corrected chi connectivity index (χ4v) is 0.820. The van der Waals surface area contributed by atoms with Crippen LogP contribution in [0.25, 0.3) is 0 Å². The molecule has 0 aliphatic heterocycles. The highest BCUT2D eigenvalue weighted by Crippen LogP contribution is 2.18. The van der Waals surface area contributed by atoms with Gasteiger partial charge in [0.15, 0.2) is 11.6 Å². The summed E-state index contributed by atoms with van der Waals surface area (Å²) in [6.07, 6.45) is 2.27. The monoisotopic (exact) mass is 185 g/mol. The van der Waals surface area contributed by atoms with Gasteiger partial charge < -0.3 is 9.47 Å². The maximum atomic E-state index is 13.2. The normalized spacial score (nSPS) is 9.46. The van der Waals surface area contributed by atoms with Crippen molar-refractivity contribution >= 4 is 5.97 Å². The lowest BCUT2D eigenvalue weighted by Crippen LogP contribution is -2.06. The van der Waals surface area contributed by atoms with Gasteiger partial charge in [-0.15, -0.1) is 0 Å². The van der Waals surface area contributed by atoms with Crippen LogP contribution in [0.5, 0.6) is 5.75 Å². The lowest BCUT2D eigenvalue weighted by atomic mass is 10.2. The number of ether oxygens (including phenoxy) is 2. The topological polar surface area (TPSA) is 48.4 Å². The Morgan fingerprint density at radius 1 is 1.46 bits per heavy atom. The summed E-state index contributed by atoms with van der Waals surface area (Å²) in [6, 6.07) is 0. The number of esters is 1. The predicted molar refractivity (Wildman–Crippen MR) is 42.1 cm³/mol. The van der Waals surface area contributed by atoms with Gasteiger partial charge >= 0.3 is 5.97 Å². The Hall–Kier alpha value is -1.65. The standard InChI is InChI=1S/C8H8FNO3/c1-12-6-4-10-3-5(7(6)9)8(11)13-2/h3-4H,1-2H3. The summed E-state index contributed by atoms with van der Waals surface area (Å²) in [4.78, 5) is 14.6. The Morgan fingerprint density at radius 3 is 2.69 bits per heavy atom. The highest BCUT2D eigenvalue weighted by Gasteiger charge is 2.16. The van der Waals surface area contributed by atoms with Gasteiger partial charge in [-0.2, -0.15) is 0 Å². The largest absolute Gasteiger partial charge is 0.492 e.